The second-order valence-corrected chi connectivity index (χ2v) is 5.49. The number of nitrogens with two attached hydrogens (primary N) is 1. The number of fused-ring (bicyclic) bond motifs is 2. The smallest absolute Gasteiger partial charge is 0.123 e. The lowest BCUT2D eigenvalue weighted by Gasteiger charge is -2.08. The highest BCUT2D eigenvalue weighted by Gasteiger charge is 2.17. The molecule has 0 bridgehead atoms. The van der Waals surface area contributed by atoms with Crippen LogP contribution in [-0.4, -0.2) is 10.2 Å². The second kappa shape index (κ2) is 4.14. The van der Waals surface area contributed by atoms with Gasteiger partial charge in [0.1, 0.15) is 11.5 Å². The molecule has 2 aromatic carbocycles. The SMILES string of the molecule is Nc1ccc2c(c1)CCc1c(O)cc(O)cc1S2. The number of phenolic OH excluding ortho intramolecular Hbond substituents is 2. The van der Waals surface area contributed by atoms with Crippen molar-refractivity contribution in [2.24, 2.45) is 0 Å². The van der Waals surface area contributed by atoms with Crippen LogP contribution in [0.15, 0.2) is 40.1 Å². The van der Waals surface area contributed by atoms with Crippen molar-refractivity contribution in [1.82, 2.24) is 0 Å². The molecular weight excluding hydrogens is 246 g/mol. The standard InChI is InChI=1S/C14H13NO2S/c15-9-2-4-13-8(5-9)1-3-11-12(17)6-10(16)7-14(11)18-13/h2,4-7,16-17H,1,3,15H2. The monoisotopic (exact) mass is 259 g/mol. The number of hydrogen-bond donors (Lipinski definition) is 3. The lowest BCUT2D eigenvalue weighted by atomic mass is 10.0. The average Bonchev–Trinajstić information content (AvgIpc) is 2.47. The van der Waals surface area contributed by atoms with Crippen LogP contribution in [0.5, 0.6) is 11.5 Å². The summed E-state index contributed by atoms with van der Waals surface area (Å²) in [7, 11) is 0. The Labute approximate surface area is 109 Å². The van der Waals surface area contributed by atoms with E-state index in [1.54, 1.807) is 17.8 Å². The molecule has 3 rings (SSSR count). The third-order valence-electron chi connectivity index (χ3n) is 3.12. The highest BCUT2D eigenvalue weighted by Crippen LogP contribution is 2.42. The van der Waals surface area contributed by atoms with Crippen LogP contribution in [0.2, 0.25) is 0 Å². The molecule has 0 aromatic heterocycles. The van der Waals surface area contributed by atoms with Gasteiger partial charge in [0.05, 0.1) is 0 Å². The van der Waals surface area contributed by atoms with Crippen molar-refractivity contribution in [3.63, 3.8) is 0 Å². The van der Waals surface area contributed by atoms with Crippen LogP contribution < -0.4 is 5.73 Å². The number of rotatable bonds is 0. The molecule has 2 aromatic rings. The number of anilines is 1. The number of aryl methyl sites for hydroxylation is 1. The Kier molecular flexibility index (Phi) is 2.59. The van der Waals surface area contributed by atoms with Gasteiger partial charge in [-0.1, -0.05) is 11.8 Å². The Morgan fingerprint density at radius 3 is 2.67 bits per heavy atom. The maximum atomic E-state index is 9.90. The van der Waals surface area contributed by atoms with Crippen LogP contribution in [0.4, 0.5) is 5.69 Å². The van der Waals surface area contributed by atoms with E-state index in [0.29, 0.717) is 0 Å². The predicted molar refractivity (Wildman–Crippen MR) is 72.2 cm³/mol. The van der Waals surface area contributed by atoms with E-state index in [-0.39, 0.29) is 11.5 Å². The second-order valence-electron chi connectivity index (χ2n) is 4.41. The molecule has 4 heteroatoms. The average molecular weight is 259 g/mol. The van der Waals surface area contributed by atoms with Crippen molar-refractivity contribution < 1.29 is 10.2 Å². The Hall–Kier alpha value is -1.81. The first-order valence-electron chi connectivity index (χ1n) is 5.74. The van der Waals surface area contributed by atoms with Crippen molar-refractivity contribution in [2.75, 3.05) is 5.73 Å². The molecule has 4 N–H and O–H groups in total. The Morgan fingerprint density at radius 1 is 1.00 bits per heavy atom. The van der Waals surface area contributed by atoms with Crippen LogP contribution in [-0.2, 0) is 12.8 Å². The zero-order chi connectivity index (χ0) is 12.7. The van der Waals surface area contributed by atoms with Crippen LogP contribution in [0.25, 0.3) is 0 Å². The molecular formula is C14H13NO2S. The Balaban J connectivity index is 2.12. The molecule has 0 aliphatic carbocycles. The third kappa shape index (κ3) is 1.88. The van der Waals surface area contributed by atoms with Gasteiger partial charge >= 0.3 is 0 Å². The van der Waals surface area contributed by atoms with Crippen LogP contribution in [0.1, 0.15) is 11.1 Å². The van der Waals surface area contributed by atoms with Gasteiger partial charge in [0.2, 0.25) is 0 Å². The van der Waals surface area contributed by atoms with E-state index in [1.165, 1.54) is 11.6 Å². The molecule has 1 heterocycles. The van der Waals surface area contributed by atoms with Crippen molar-refractivity contribution in [3.8, 4) is 11.5 Å². The molecule has 0 spiro atoms. The summed E-state index contributed by atoms with van der Waals surface area (Å²) in [5, 5.41) is 19.5. The summed E-state index contributed by atoms with van der Waals surface area (Å²) in [5.41, 5.74) is 8.64. The minimum absolute atomic E-state index is 0.0950. The van der Waals surface area contributed by atoms with E-state index in [9.17, 15) is 10.2 Å². The summed E-state index contributed by atoms with van der Waals surface area (Å²) in [6.07, 6.45) is 1.60. The van der Waals surface area contributed by atoms with Crippen molar-refractivity contribution in [2.45, 2.75) is 22.6 Å². The molecule has 0 unspecified atom stereocenters. The molecule has 18 heavy (non-hydrogen) atoms. The number of nitrogen functional groups attached to an aromatic ring is 1. The van der Waals surface area contributed by atoms with Crippen LogP contribution >= 0.6 is 11.8 Å². The van der Waals surface area contributed by atoms with Crippen molar-refractivity contribution >= 4 is 17.4 Å². The van der Waals surface area contributed by atoms with Crippen molar-refractivity contribution in [1.29, 1.82) is 0 Å². The Morgan fingerprint density at radius 2 is 1.83 bits per heavy atom. The summed E-state index contributed by atoms with van der Waals surface area (Å²) in [6, 6.07) is 8.94. The van der Waals surface area contributed by atoms with Gasteiger partial charge in [-0.2, -0.15) is 0 Å². The lowest BCUT2D eigenvalue weighted by Crippen LogP contribution is -1.93. The summed E-state index contributed by atoms with van der Waals surface area (Å²) >= 11 is 1.56. The first-order chi connectivity index (χ1) is 8.63. The maximum Gasteiger partial charge on any atom is 0.123 e. The van der Waals surface area contributed by atoms with Crippen LogP contribution in [0.3, 0.4) is 0 Å². The molecule has 0 saturated heterocycles. The van der Waals surface area contributed by atoms with Crippen LogP contribution in [0, 0.1) is 0 Å². The largest absolute Gasteiger partial charge is 0.508 e. The minimum atomic E-state index is 0.0950. The van der Waals surface area contributed by atoms with Gasteiger partial charge < -0.3 is 15.9 Å². The highest BCUT2D eigenvalue weighted by molar-refractivity contribution is 7.99. The fraction of sp³-hybridized carbons (Fsp3) is 0.143. The molecule has 0 amide bonds. The van der Waals surface area contributed by atoms with E-state index in [2.05, 4.69) is 0 Å². The van der Waals surface area contributed by atoms with Gasteiger partial charge in [-0.3, -0.25) is 0 Å². The first kappa shape index (κ1) is 11.3. The van der Waals surface area contributed by atoms with Gasteiger partial charge in [-0.25, -0.2) is 0 Å². The highest BCUT2D eigenvalue weighted by atomic mass is 32.2. The number of aromatic hydroxyl groups is 2. The molecule has 92 valence electrons. The zero-order valence-corrected chi connectivity index (χ0v) is 10.5. The summed E-state index contributed by atoms with van der Waals surface area (Å²) in [5.74, 6) is 0.260. The van der Waals surface area contributed by atoms with E-state index in [1.807, 2.05) is 18.2 Å². The topological polar surface area (TPSA) is 66.5 Å². The normalized spacial score (nSPS) is 13.6. The third-order valence-corrected chi connectivity index (χ3v) is 4.32. The minimum Gasteiger partial charge on any atom is -0.508 e. The molecule has 0 saturated carbocycles. The van der Waals surface area contributed by atoms with E-state index in [4.69, 9.17) is 5.73 Å². The lowest BCUT2D eigenvalue weighted by molar-refractivity contribution is 0.442. The summed E-state index contributed by atoms with van der Waals surface area (Å²) < 4.78 is 0. The maximum absolute atomic E-state index is 9.90. The molecule has 0 atom stereocenters. The van der Waals surface area contributed by atoms with E-state index >= 15 is 0 Å². The fourth-order valence-corrected chi connectivity index (χ4v) is 3.41. The van der Waals surface area contributed by atoms with E-state index in [0.717, 1.165) is 33.9 Å². The molecule has 0 fully saturated rings. The predicted octanol–water partition coefficient (Wildman–Crippen LogP) is 2.93. The summed E-state index contributed by atoms with van der Waals surface area (Å²) in [6.45, 7) is 0. The zero-order valence-electron chi connectivity index (χ0n) is 9.68. The molecule has 1 aliphatic heterocycles. The fourth-order valence-electron chi connectivity index (χ4n) is 2.23. The number of benzene rings is 2. The first-order valence-corrected chi connectivity index (χ1v) is 6.56. The Bertz CT molecular complexity index is 625. The van der Waals surface area contributed by atoms with Gasteiger partial charge in [-0.15, -0.1) is 0 Å². The van der Waals surface area contributed by atoms with Gasteiger partial charge in [0.25, 0.3) is 0 Å². The molecule has 3 nitrogen and oxygen atoms in total. The summed E-state index contributed by atoms with van der Waals surface area (Å²) in [4.78, 5) is 2.05. The van der Waals surface area contributed by atoms with E-state index < -0.39 is 0 Å². The number of phenols is 2. The van der Waals surface area contributed by atoms with Crippen molar-refractivity contribution in [3.05, 3.63) is 41.5 Å². The molecule has 0 radical (unpaired) electrons. The van der Waals surface area contributed by atoms with Gasteiger partial charge in [0, 0.05) is 27.1 Å². The van der Waals surface area contributed by atoms with Gasteiger partial charge in [0.15, 0.2) is 0 Å². The molecule has 1 aliphatic rings. The quantitative estimate of drug-likeness (QED) is 0.636. The van der Waals surface area contributed by atoms with Gasteiger partial charge in [-0.05, 0) is 42.7 Å². The number of hydrogen-bond acceptors (Lipinski definition) is 4.